The average molecular weight is 231 g/mol. The van der Waals surface area contributed by atoms with E-state index in [9.17, 15) is 4.79 Å². The quantitative estimate of drug-likeness (QED) is 0.878. The lowest BCUT2D eigenvalue weighted by molar-refractivity contribution is -0.136. The van der Waals surface area contributed by atoms with E-state index in [4.69, 9.17) is 9.52 Å². The third-order valence-corrected chi connectivity index (χ3v) is 2.52. The molecule has 0 aliphatic carbocycles. The van der Waals surface area contributed by atoms with Gasteiger partial charge in [0, 0.05) is 18.9 Å². The third kappa shape index (κ3) is 2.72. The first-order valence-electron chi connectivity index (χ1n) is 5.39. The summed E-state index contributed by atoms with van der Waals surface area (Å²) in [5, 5.41) is 8.71. The van der Waals surface area contributed by atoms with Gasteiger partial charge in [0.15, 0.2) is 5.89 Å². The zero-order valence-electron chi connectivity index (χ0n) is 9.51. The average Bonchev–Trinajstić information content (AvgIpc) is 2.73. The van der Waals surface area contributed by atoms with Gasteiger partial charge in [0.1, 0.15) is 12.0 Å². The van der Waals surface area contributed by atoms with E-state index >= 15 is 0 Å². The van der Waals surface area contributed by atoms with Crippen molar-refractivity contribution >= 4 is 5.97 Å². The zero-order valence-corrected chi connectivity index (χ0v) is 9.51. The van der Waals surface area contributed by atoms with Crippen LogP contribution >= 0.6 is 0 Å². The van der Waals surface area contributed by atoms with Crippen molar-refractivity contribution in [3.05, 3.63) is 42.0 Å². The van der Waals surface area contributed by atoms with E-state index in [1.165, 1.54) is 0 Å². The number of nitrogens with zero attached hydrogens (tertiary/aromatic N) is 1. The van der Waals surface area contributed by atoms with Gasteiger partial charge in [-0.05, 0) is 12.0 Å². The van der Waals surface area contributed by atoms with E-state index in [0.29, 0.717) is 12.3 Å². The predicted molar refractivity (Wildman–Crippen MR) is 62.6 cm³/mol. The molecule has 0 saturated heterocycles. The number of oxazole rings is 1. The molecule has 0 saturated carbocycles. The Morgan fingerprint density at radius 1 is 1.41 bits per heavy atom. The summed E-state index contributed by atoms with van der Waals surface area (Å²) in [4.78, 5) is 14.8. The molecule has 0 amide bonds. The van der Waals surface area contributed by atoms with Crippen molar-refractivity contribution in [3.63, 3.8) is 0 Å². The number of rotatable bonds is 4. The maximum absolute atomic E-state index is 10.6. The number of hydrogen-bond acceptors (Lipinski definition) is 3. The van der Waals surface area contributed by atoms with E-state index in [1.807, 2.05) is 24.3 Å². The molecule has 1 heterocycles. The number of aryl methyl sites for hydroxylation is 2. The molecule has 2 rings (SSSR count). The molecule has 1 aromatic heterocycles. The highest BCUT2D eigenvalue weighted by Gasteiger charge is 2.09. The van der Waals surface area contributed by atoms with Crippen LogP contribution in [0.5, 0.6) is 0 Å². The largest absolute Gasteiger partial charge is 0.481 e. The van der Waals surface area contributed by atoms with Crippen LogP contribution in [0.3, 0.4) is 0 Å². The van der Waals surface area contributed by atoms with Gasteiger partial charge in [0.2, 0.25) is 0 Å². The molecule has 0 aliphatic heterocycles. The number of benzene rings is 1. The summed E-state index contributed by atoms with van der Waals surface area (Å²) in [6, 6.07) is 7.65. The fourth-order valence-electron chi connectivity index (χ4n) is 1.72. The van der Waals surface area contributed by atoms with Crippen LogP contribution in [0.1, 0.15) is 17.9 Å². The lowest BCUT2D eigenvalue weighted by atomic mass is 10.0. The van der Waals surface area contributed by atoms with Crippen LogP contribution in [0.25, 0.3) is 11.3 Å². The molecule has 0 unspecified atom stereocenters. The molecule has 17 heavy (non-hydrogen) atoms. The first-order chi connectivity index (χ1) is 8.16. The Labute approximate surface area is 98.9 Å². The second-order valence-electron chi connectivity index (χ2n) is 3.80. The predicted octanol–water partition coefficient (Wildman–Crippen LogP) is 2.67. The highest BCUT2D eigenvalue weighted by Crippen LogP contribution is 2.23. The molecule has 2 aromatic rings. The van der Waals surface area contributed by atoms with Crippen molar-refractivity contribution < 1.29 is 14.3 Å². The fraction of sp³-hybridized carbons (Fsp3) is 0.231. The Kier molecular flexibility index (Phi) is 3.23. The monoisotopic (exact) mass is 231 g/mol. The summed E-state index contributed by atoms with van der Waals surface area (Å²) in [7, 11) is 0. The second-order valence-corrected chi connectivity index (χ2v) is 3.80. The highest BCUT2D eigenvalue weighted by atomic mass is 16.4. The Bertz CT molecular complexity index is 531. The van der Waals surface area contributed by atoms with Gasteiger partial charge in [-0.1, -0.05) is 24.3 Å². The van der Waals surface area contributed by atoms with Gasteiger partial charge in [-0.15, -0.1) is 0 Å². The topological polar surface area (TPSA) is 63.3 Å². The minimum Gasteiger partial charge on any atom is -0.481 e. The van der Waals surface area contributed by atoms with Crippen LogP contribution in [0.2, 0.25) is 0 Å². The van der Waals surface area contributed by atoms with Crippen molar-refractivity contribution in [1.29, 1.82) is 0 Å². The number of aliphatic carboxylic acids is 1. The molecule has 0 radical (unpaired) electrons. The summed E-state index contributed by atoms with van der Waals surface area (Å²) in [6.45, 7) is 1.78. The van der Waals surface area contributed by atoms with E-state index < -0.39 is 5.97 Å². The number of carbonyl (C=O) groups is 1. The maximum atomic E-state index is 10.6. The minimum absolute atomic E-state index is 0.119. The van der Waals surface area contributed by atoms with Crippen LogP contribution in [-0.2, 0) is 11.2 Å². The Balaban J connectivity index is 2.30. The smallest absolute Gasteiger partial charge is 0.303 e. The summed E-state index contributed by atoms with van der Waals surface area (Å²) >= 11 is 0. The second kappa shape index (κ2) is 4.82. The van der Waals surface area contributed by atoms with Crippen LogP contribution in [-0.4, -0.2) is 16.1 Å². The molecule has 0 fully saturated rings. The molecule has 0 aliphatic rings. The third-order valence-electron chi connectivity index (χ3n) is 2.52. The summed E-state index contributed by atoms with van der Waals surface area (Å²) < 4.78 is 5.17. The summed E-state index contributed by atoms with van der Waals surface area (Å²) in [6.07, 6.45) is 2.21. The van der Waals surface area contributed by atoms with Gasteiger partial charge >= 0.3 is 5.97 Å². The number of carboxylic acid groups (broad SMARTS) is 1. The molecular formula is C13H13NO3. The van der Waals surface area contributed by atoms with E-state index in [1.54, 1.807) is 13.2 Å². The minimum atomic E-state index is -0.795. The number of aromatic nitrogens is 1. The summed E-state index contributed by atoms with van der Waals surface area (Å²) in [5.74, 6) is -0.191. The summed E-state index contributed by atoms with van der Waals surface area (Å²) in [5.41, 5.74) is 2.66. The molecule has 0 bridgehead atoms. The number of hydrogen-bond donors (Lipinski definition) is 1. The Morgan fingerprint density at radius 3 is 2.82 bits per heavy atom. The van der Waals surface area contributed by atoms with Crippen LogP contribution in [0.15, 0.2) is 34.9 Å². The van der Waals surface area contributed by atoms with Gasteiger partial charge in [0.05, 0.1) is 0 Å². The Morgan fingerprint density at radius 2 is 2.18 bits per heavy atom. The molecule has 1 aromatic carbocycles. The molecule has 4 nitrogen and oxygen atoms in total. The van der Waals surface area contributed by atoms with Gasteiger partial charge in [-0.25, -0.2) is 4.98 Å². The van der Waals surface area contributed by atoms with E-state index in [-0.39, 0.29) is 6.42 Å². The molecule has 0 spiro atoms. The lowest BCUT2D eigenvalue weighted by Crippen LogP contribution is -1.99. The van der Waals surface area contributed by atoms with Gasteiger partial charge in [-0.3, -0.25) is 4.79 Å². The van der Waals surface area contributed by atoms with E-state index in [0.717, 1.165) is 16.8 Å². The molecule has 88 valence electrons. The first kappa shape index (κ1) is 11.4. The van der Waals surface area contributed by atoms with Crippen molar-refractivity contribution in [2.45, 2.75) is 19.8 Å². The van der Waals surface area contributed by atoms with Gasteiger partial charge in [0.25, 0.3) is 0 Å². The Hall–Kier alpha value is -2.10. The normalized spacial score (nSPS) is 10.4. The maximum Gasteiger partial charge on any atom is 0.303 e. The van der Waals surface area contributed by atoms with Crippen molar-refractivity contribution in [1.82, 2.24) is 4.98 Å². The highest BCUT2D eigenvalue weighted by molar-refractivity contribution is 5.69. The van der Waals surface area contributed by atoms with Crippen molar-refractivity contribution in [3.8, 4) is 11.3 Å². The van der Waals surface area contributed by atoms with Crippen LogP contribution in [0, 0.1) is 6.92 Å². The number of carboxylic acids is 1. The molecular weight excluding hydrogens is 218 g/mol. The fourth-order valence-corrected chi connectivity index (χ4v) is 1.72. The van der Waals surface area contributed by atoms with E-state index in [2.05, 4.69) is 4.98 Å². The van der Waals surface area contributed by atoms with Crippen molar-refractivity contribution in [2.24, 2.45) is 0 Å². The van der Waals surface area contributed by atoms with Crippen LogP contribution < -0.4 is 0 Å². The molecule has 1 N–H and O–H groups in total. The lowest BCUT2D eigenvalue weighted by Gasteiger charge is -2.04. The first-order valence-corrected chi connectivity index (χ1v) is 5.39. The van der Waals surface area contributed by atoms with Gasteiger partial charge < -0.3 is 9.52 Å². The van der Waals surface area contributed by atoms with Crippen molar-refractivity contribution in [2.75, 3.05) is 0 Å². The SMILES string of the molecule is Cc1nc(-c2ccccc2CCC(=O)O)co1. The standard InChI is InChI=1S/C13H13NO3/c1-9-14-12(8-17-9)11-5-3-2-4-10(11)6-7-13(15)16/h2-5,8H,6-7H2,1H3,(H,15,16). The molecule has 0 atom stereocenters. The molecule has 4 heteroatoms. The zero-order chi connectivity index (χ0) is 12.3. The van der Waals surface area contributed by atoms with Crippen LogP contribution in [0.4, 0.5) is 0 Å². The van der Waals surface area contributed by atoms with Gasteiger partial charge in [-0.2, -0.15) is 0 Å².